The zero-order valence-corrected chi connectivity index (χ0v) is 10.4. The average molecular weight is 241 g/mol. The molecular weight excluding hydrogens is 226 g/mol. The van der Waals surface area contributed by atoms with Crippen LogP contribution in [-0.2, 0) is 10.2 Å². The van der Waals surface area contributed by atoms with Gasteiger partial charge >= 0.3 is 0 Å². The fourth-order valence-electron chi connectivity index (χ4n) is 3.07. The molecule has 1 spiro atoms. The summed E-state index contributed by atoms with van der Waals surface area (Å²) in [5, 5.41) is 12.4. The van der Waals surface area contributed by atoms with Crippen molar-refractivity contribution in [2.45, 2.75) is 18.8 Å². The molecule has 0 saturated carbocycles. The van der Waals surface area contributed by atoms with Crippen LogP contribution in [0.15, 0.2) is 18.2 Å². The molecule has 2 heterocycles. The molecule has 0 radical (unpaired) electrons. The number of carbonyl (C=O) groups excluding carboxylic acids is 1. The van der Waals surface area contributed by atoms with E-state index in [1.54, 1.807) is 6.92 Å². The lowest BCUT2D eigenvalue weighted by Crippen LogP contribution is -2.34. The van der Waals surface area contributed by atoms with Gasteiger partial charge in [-0.15, -0.1) is 0 Å². The third-order valence-electron chi connectivity index (χ3n) is 4.14. The fraction of sp³-hybridized carbons (Fsp3) is 0.429. The second-order valence-corrected chi connectivity index (χ2v) is 5.20. The highest BCUT2D eigenvalue weighted by Gasteiger charge is 2.45. The second-order valence-electron chi connectivity index (χ2n) is 5.20. The normalized spacial score (nSPS) is 24.8. The van der Waals surface area contributed by atoms with Crippen molar-refractivity contribution in [3.8, 4) is 6.07 Å². The van der Waals surface area contributed by atoms with Crippen LogP contribution in [-0.4, -0.2) is 30.4 Å². The third-order valence-corrected chi connectivity index (χ3v) is 4.14. The summed E-state index contributed by atoms with van der Waals surface area (Å²) in [6.07, 6.45) is 0.974. The van der Waals surface area contributed by atoms with Gasteiger partial charge in [-0.05, 0) is 30.2 Å². The Kier molecular flexibility index (Phi) is 2.30. The lowest BCUT2D eigenvalue weighted by Gasteiger charge is -2.23. The molecule has 1 unspecified atom stereocenters. The highest BCUT2D eigenvalue weighted by molar-refractivity contribution is 5.74. The number of amides is 1. The number of carbonyl (C=O) groups is 1. The van der Waals surface area contributed by atoms with Crippen LogP contribution in [0.1, 0.15) is 24.5 Å². The number of hydrogen-bond acceptors (Lipinski definition) is 3. The summed E-state index contributed by atoms with van der Waals surface area (Å²) in [6, 6.07) is 7.97. The van der Waals surface area contributed by atoms with Crippen molar-refractivity contribution in [2.24, 2.45) is 0 Å². The molecule has 92 valence electrons. The summed E-state index contributed by atoms with van der Waals surface area (Å²) < 4.78 is 0. The van der Waals surface area contributed by atoms with Crippen LogP contribution in [0.25, 0.3) is 0 Å². The Balaban J connectivity index is 2.00. The van der Waals surface area contributed by atoms with E-state index < -0.39 is 0 Å². The van der Waals surface area contributed by atoms with Crippen LogP contribution in [0.5, 0.6) is 0 Å². The lowest BCUT2D eigenvalue weighted by atomic mass is 9.81. The molecule has 3 rings (SSSR count). The van der Waals surface area contributed by atoms with Crippen LogP contribution < -0.4 is 5.32 Å². The summed E-state index contributed by atoms with van der Waals surface area (Å²) >= 11 is 0. The lowest BCUT2D eigenvalue weighted by molar-refractivity contribution is -0.127. The first-order valence-electron chi connectivity index (χ1n) is 6.19. The molecule has 0 aromatic heterocycles. The van der Waals surface area contributed by atoms with Gasteiger partial charge in [0, 0.05) is 37.7 Å². The molecule has 1 saturated heterocycles. The fourth-order valence-corrected chi connectivity index (χ4v) is 3.07. The summed E-state index contributed by atoms with van der Waals surface area (Å²) in [7, 11) is 0. The summed E-state index contributed by atoms with van der Waals surface area (Å²) in [4.78, 5) is 13.4. The molecule has 1 fully saturated rings. The molecular formula is C14H15N3O. The van der Waals surface area contributed by atoms with E-state index in [2.05, 4.69) is 11.4 Å². The summed E-state index contributed by atoms with van der Waals surface area (Å²) in [6.45, 7) is 4.06. The highest BCUT2D eigenvalue weighted by atomic mass is 16.2. The van der Waals surface area contributed by atoms with E-state index in [0.29, 0.717) is 5.56 Å². The molecule has 0 bridgehead atoms. The van der Waals surface area contributed by atoms with Gasteiger partial charge in [0.05, 0.1) is 11.6 Å². The van der Waals surface area contributed by atoms with Crippen LogP contribution in [0.4, 0.5) is 5.69 Å². The third kappa shape index (κ3) is 1.47. The zero-order chi connectivity index (χ0) is 12.8. The molecule has 18 heavy (non-hydrogen) atoms. The Morgan fingerprint density at radius 1 is 1.56 bits per heavy atom. The minimum Gasteiger partial charge on any atom is -0.384 e. The monoisotopic (exact) mass is 241 g/mol. The number of nitriles is 1. The first-order valence-corrected chi connectivity index (χ1v) is 6.19. The van der Waals surface area contributed by atoms with Crippen molar-refractivity contribution in [2.75, 3.05) is 25.0 Å². The number of likely N-dealkylation sites (tertiary alicyclic amines) is 1. The Morgan fingerprint density at radius 2 is 2.39 bits per heavy atom. The first-order chi connectivity index (χ1) is 8.64. The number of hydrogen-bond donors (Lipinski definition) is 1. The molecule has 0 aliphatic carbocycles. The van der Waals surface area contributed by atoms with E-state index in [9.17, 15) is 4.79 Å². The van der Waals surface area contributed by atoms with Crippen molar-refractivity contribution in [1.29, 1.82) is 5.26 Å². The largest absolute Gasteiger partial charge is 0.384 e. The maximum Gasteiger partial charge on any atom is 0.219 e. The van der Waals surface area contributed by atoms with Crippen molar-refractivity contribution in [1.82, 2.24) is 4.90 Å². The topological polar surface area (TPSA) is 56.1 Å². The first kappa shape index (κ1) is 11.1. The number of fused-ring (bicyclic) bond motifs is 2. The zero-order valence-electron chi connectivity index (χ0n) is 10.4. The standard InChI is InChI=1S/C14H15N3O/c1-10(18)17-5-4-14(9-17)8-16-13-3-2-11(7-15)6-12(13)14/h2-3,6,16H,4-5,8-9H2,1H3. The summed E-state index contributed by atoms with van der Waals surface area (Å²) in [5.74, 6) is 0.136. The molecule has 1 aromatic rings. The highest BCUT2D eigenvalue weighted by Crippen LogP contribution is 2.43. The molecule has 4 nitrogen and oxygen atoms in total. The van der Waals surface area contributed by atoms with E-state index in [-0.39, 0.29) is 11.3 Å². The molecule has 2 aliphatic rings. The van der Waals surface area contributed by atoms with E-state index in [1.807, 2.05) is 23.1 Å². The van der Waals surface area contributed by atoms with Gasteiger partial charge in [0.2, 0.25) is 5.91 Å². The molecule has 1 amide bonds. The van der Waals surface area contributed by atoms with Gasteiger partial charge in [0.1, 0.15) is 0 Å². The molecule has 1 atom stereocenters. The number of anilines is 1. The van der Waals surface area contributed by atoms with Crippen molar-refractivity contribution >= 4 is 11.6 Å². The van der Waals surface area contributed by atoms with Crippen molar-refractivity contribution in [3.05, 3.63) is 29.3 Å². The maximum absolute atomic E-state index is 11.5. The van der Waals surface area contributed by atoms with E-state index in [4.69, 9.17) is 5.26 Å². The van der Waals surface area contributed by atoms with Crippen LogP contribution in [0, 0.1) is 11.3 Å². The van der Waals surface area contributed by atoms with Gasteiger partial charge < -0.3 is 10.2 Å². The number of benzene rings is 1. The van der Waals surface area contributed by atoms with Gasteiger partial charge in [-0.25, -0.2) is 0 Å². The Hall–Kier alpha value is -2.02. The number of nitrogens with zero attached hydrogens (tertiary/aromatic N) is 2. The Morgan fingerprint density at radius 3 is 3.06 bits per heavy atom. The SMILES string of the molecule is CC(=O)N1CCC2(CNc3ccc(C#N)cc32)C1. The van der Waals surface area contributed by atoms with Crippen molar-refractivity contribution < 1.29 is 4.79 Å². The minimum atomic E-state index is 0.00780. The van der Waals surface area contributed by atoms with E-state index in [0.717, 1.165) is 31.7 Å². The number of nitrogens with one attached hydrogen (secondary N) is 1. The van der Waals surface area contributed by atoms with Crippen LogP contribution in [0.3, 0.4) is 0 Å². The Bertz CT molecular complexity index is 561. The smallest absolute Gasteiger partial charge is 0.219 e. The van der Waals surface area contributed by atoms with Crippen LogP contribution >= 0.6 is 0 Å². The number of rotatable bonds is 0. The minimum absolute atomic E-state index is 0.00780. The van der Waals surface area contributed by atoms with E-state index >= 15 is 0 Å². The van der Waals surface area contributed by atoms with Gasteiger partial charge in [0.15, 0.2) is 0 Å². The predicted molar refractivity (Wildman–Crippen MR) is 68.2 cm³/mol. The molecule has 2 aliphatic heterocycles. The molecule has 1 N–H and O–H groups in total. The second kappa shape index (κ2) is 3.74. The quantitative estimate of drug-likeness (QED) is 0.748. The Labute approximate surface area is 106 Å². The average Bonchev–Trinajstić information content (AvgIpc) is 2.96. The van der Waals surface area contributed by atoms with E-state index in [1.165, 1.54) is 5.56 Å². The molecule has 4 heteroatoms. The maximum atomic E-state index is 11.5. The van der Waals surface area contributed by atoms with Gasteiger partial charge in [0.25, 0.3) is 0 Å². The predicted octanol–water partition coefficient (Wildman–Crippen LogP) is 1.47. The van der Waals surface area contributed by atoms with Crippen molar-refractivity contribution in [3.63, 3.8) is 0 Å². The van der Waals surface area contributed by atoms with Crippen LogP contribution in [0.2, 0.25) is 0 Å². The van der Waals surface area contributed by atoms with Gasteiger partial charge in [-0.3, -0.25) is 4.79 Å². The van der Waals surface area contributed by atoms with Gasteiger partial charge in [-0.2, -0.15) is 5.26 Å². The van der Waals surface area contributed by atoms with Gasteiger partial charge in [-0.1, -0.05) is 0 Å². The summed E-state index contributed by atoms with van der Waals surface area (Å²) in [5.41, 5.74) is 3.01. The molecule has 1 aromatic carbocycles.